The van der Waals surface area contributed by atoms with Crippen molar-refractivity contribution in [1.29, 1.82) is 0 Å². The van der Waals surface area contributed by atoms with Gasteiger partial charge in [0.1, 0.15) is 5.00 Å². The minimum Gasteiger partial charge on any atom is -0.489 e. The normalized spacial score (nSPS) is 15.9. The average Bonchev–Trinajstić information content (AvgIpc) is 3.25. The summed E-state index contributed by atoms with van der Waals surface area (Å²) in [6.45, 7) is 1.49. The van der Waals surface area contributed by atoms with E-state index in [9.17, 15) is 13.2 Å². The number of alkyl halides is 3. The molecule has 3 aromatic heterocycles. The van der Waals surface area contributed by atoms with Crippen LogP contribution in [0.2, 0.25) is 0 Å². The van der Waals surface area contributed by atoms with E-state index in [-0.39, 0.29) is 11.8 Å². The van der Waals surface area contributed by atoms with Crippen molar-refractivity contribution >= 4 is 27.9 Å². The summed E-state index contributed by atoms with van der Waals surface area (Å²) < 4.78 is 44.0. The molecule has 166 valence electrons. The van der Waals surface area contributed by atoms with Crippen LogP contribution >= 0.6 is 11.3 Å². The zero-order chi connectivity index (χ0) is 21.8. The van der Waals surface area contributed by atoms with Crippen LogP contribution in [0.5, 0.6) is 5.75 Å². The van der Waals surface area contributed by atoms with Crippen LogP contribution in [0.4, 0.5) is 24.1 Å². The molecule has 1 unspecified atom stereocenters. The van der Waals surface area contributed by atoms with Crippen molar-refractivity contribution in [3.8, 4) is 5.75 Å². The molecule has 3 heterocycles. The first-order valence-electron chi connectivity index (χ1n) is 10.0. The van der Waals surface area contributed by atoms with Gasteiger partial charge in [-0.15, -0.1) is 16.4 Å². The molecule has 31 heavy (non-hydrogen) atoms. The summed E-state index contributed by atoms with van der Waals surface area (Å²) in [7, 11) is 0. The van der Waals surface area contributed by atoms with Gasteiger partial charge in [-0.1, -0.05) is 6.42 Å². The zero-order valence-corrected chi connectivity index (χ0v) is 17.7. The van der Waals surface area contributed by atoms with Crippen LogP contribution < -0.4 is 15.4 Å². The summed E-state index contributed by atoms with van der Waals surface area (Å²) in [5.41, 5.74) is 0.377. The molecular formula is C20H23F3N6OS. The minimum atomic E-state index is -4.26. The van der Waals surface area contributed by atoms with E-state index in [1.165, 1.54) is 10.9 Å². The average molecular weight is 453 g/mol. The van der Waals surface area contributed by atoms with Crippen molar-refractivity contribution in [3.63, 3.8) is 0 Å². The van der Waals surface area contributed by atoms with E-state index in [2.05, 4.69) is 25.7 Å². The van der Waals surface area contributed by atoms with E-state index >= 15 is 0 Å². The summed E-state index contributed by atoms with van der Waals surface area (Å²) in [4.78, 5) is 8.67. The third kappa shape index (κ3) is 5.66. The Morgan fingerprint density at radius 1 is 1.39 bits per heavy atom. The Hall–Kier alpha value is -2.82. The first-order valence-corrected chi connectivity index (χ1v) is 10.9. The molecular weight excluding hydrogens is 429 g/mol. The van der Waals surface area contributed by atoms with Crippen LogP contribution in [-0.4, -0.2) is 38.4 Å². The molecule has 7 nitrogen and oxygen atoms in total. The molecule has 2 N–H and O–H groups in total. The monoisotopic (exact) mass is 452 g/mol. The van der Waals surface area contributed by atoms with E-state index in [4.69, 9.17) is 4.74 Å². The Morgan fingerprint density at radius 3 is 2.90 bits per heavy atom. The smallest absolute Gasteiger partial charge is 0.392 e. The second kappa shape index (κ2) is 9.13. The lowest BCUT2D eigenvalue weighted by atomic mass is 9.80. The molecule has 1 aliphatic carbocycles. The largest absolute Gasteiger partial charge is 0.489 e. The van der Waals surface area contributed by atoms with E-state index in [0.29, 0.717) is 17.5 Å². The summed E-state index contributed by atoms with van der Waals surface area (Å²) in [5, 5.41) is 13.0. The maximum absolute atomic E-state index is 12.4. The van der Waals surface area contributed by atoms with Gasteiger partial charge in [0.2, 0.25) is 5.95 Å². The van der Waals surface area contributed by atoms with Crippen LogP contribution in [0, 0.1) is 12.8 Å². The predicted molar refractivity (Wildman–Crippen MR) is 114 cm³/mol. The fourth-order valence-electron chi connectivity index (χ4n) is 3.27. The summed E-state index contributed by atoms with van der Waals surface area (Å²) in [6, 6.07) is 3.29. The maximum atomic E-state index is 12.4. The van der Waals surface area contributed by atoms with Crippen LogP contribution in [0.1, 0.15) is 30.7 Å². The number of nitrogens with one attached hydrogen (secondary N) is 2. The number of hydrogen-bond donors (Lipinski definition) is 2. The number of nitrogens with zero attached hydrogens (tertiary/aromatic N) is 4. The standard InChI is InChI=1S/C20H23F3N6OS/c1-13-25-12-17(31-13)24-9-7-15(14-4-2-5-14)26-19-27-18-16(6-3-10-29(18)28-19)30-11-8-20(21,22)23/h3,6-7,9-10,12,14-15,24H,2,4-5,8,11H2,1H3,(H,26,28)/b9-7+. The predicted octanol–water partition coefficient (Wildman–Crippen LogP) is 5.03. The Balaban J connectivity index is 1.45. The van der Waals surface area contributed by atoms with Gasteiger partial charge in [-0.05, 0) is 50.1 Å². The van der Waals surface area contributed by atoms with Crippen molar-refractivity contribution in [2.45, 2.75) is 44.8 Å². The van der Waals surface area contributed by atoms with Crippen molar-refractivity contribution in [2.75, 3.05) is 17.2 Å². The maximum Gasteiger partial charge on any atom is 0.392 e. The van der Waals surface area contributed by atoms with Crippen LogP contribution in [0.3, 0.4) is 0 Å². The van der Waals surface area contributed by atoms with Gasteiger partial charge in [-0.3, -0.25) is 0 Å². The summed E-state index contributed by atoms with van der Waals surface area (Å²) in [6.07, 6.45) is 5.55. The number of hydrogen-bond acceptors (Lipinski definition) is 7. The highest BCUT2D eigenvalue weighted by molar-refractivity contribution is 7.15. The number of thiazole rings is 1. The van der Waals surface area contributed by atoms with Crippen molar-refractivity contribution < 1.29 is 17.9 Å². The van der Waals surface area contributed by atoms with Crippen molar-refractivity contribution in [3.05, 3.63) is 41.8 Å². The molecule has 0 radical (unpaired) electrons. The van der Waals surface area contributed by atoms with E-state index in [1.54, 1.807) is 35.9 Å². The van der Waals surface area contributed by atoms with Crippen LogP contribution in [0.25, 0.3) is 5.65 Å². The SMILES string of the molecule is Cc1ncc(N/C=C/C(Nc2nc3c(OCCC(F)(F)F)cccn3n2)C2CCC2)s1. The third-order valence-corrected chi connectivity index (χ3v) is 5.92. The van der Waals surface area contributed by atoms with Gasteiger partial charge in [0.15, 0.2) is 11.4 Å². The van der Waals surface area contributed by atoms with Crippen LogP contribution in [-0.2, 0) is 0 Å². The fourth-order valence-corrected chi connectivity index (χ4v) is 3.92. The van der Waals surface area contributed by atoms with E-state index < -0.39 is 19.2 Å². The van der Waals surface area contributed by atoms with E-state index in [0.717, 1.165) is 22.9 Å². The lowest BCUT2D eigenvalue weighted by Crippen LogP contribution is -2.32. The van der Waals surface area contributed by atoms with Gasteiger partial charge in [-0.25, -0.2) is 9.50 Å². The molecule has 11 heteroatoms. The van der Waals surface area contributed by atoms with Crippen molar-refractivity contribution in [2.24, 2.45) is 5.92 Å². The summed E-state index contributed by atoms with van der Waals surface area (Å²) in [5.74, 6) is 1.14. The number of ether oxygens (including phenoxy) is 1. The summed E-state index contributed by atoms with van der Waals surface area (Å²) >= 11 is 1.58. The number of pyridine rings is 1. The molecule has 0 aliphatic heterocycles. The van der Waals surface area contributed by atoms with Gasteiger partial charge in [0, 0.05) is 6.20 Å². The first kappa shape index (κ1) is 21.4. The third-order valence-electron chi connectivity index (χ3n) is 5.07. The van der Waals surface area contributed by atoms with Gasteiger partial charge < -0.3 is 15.4 Å². The lowest BCUT2D eigenvalue weighted by Gasteiger charge is -2.32. The van der Waals surface area contributed by atoms with Gasteiger partial charge in [0.05, 0.1) is 30.3 Å². The lowest BCUT2D eigenvalue weighted by molar-refractivity contribution is -0.139. The molecule has 0 bridgehead atoms. The molecule has 1 fully saturated rings. The molecule has 3 aromatic rings. The Morgan fingerprint density at radius 2 is 2.23 bits per heavy atom. The molecule has 0 saturated heterocycles. The molecule has 1 saturated carbocycles. The quantitative estimate of drug-likeness (QED) is 0.474. The number of fused-ring (bicyclic) bond motifs is 1. The minimum absolute atomic E-state index is 0.0299. The Labute approximate surface area is 181 Å². The Kier molecular flexibility index (Phi) is 6.30. The zero-order valence-electron chi connectivity index (χ0n) is 16.9. The van der Waals surface area contributed by atoms with Gasteiger partial charge >= 0.3 is 6.18 Å². The number of anilines is 2. The van der Waals surface area contributed by atoms with Crippen molar-refractivity contribution in [1.82, 2.24) is 19.6 Å². The second-order valence-electron chi connectivity index (χ2n) is 7.40. The number of aromatic nitrogens is 4. The van der Waals surface area contributed by atoms with Gasteiger partial charge in [0.25, 0.3) is 0 Å². The molecule has 1 atom stereocenters. The second-order valence-corrected chi connectivity index (χ2v) is 8.63. The highest BCUT2D eigenvalue weighted by Gasteiger charge is 2.28. The molecule has 4 rings (SSSR count). The Bertz CT molecular complexity index is 1040. The number of rotatable bonds is 9. The molecule has 0 spiro atoms. The number of halogens is 3. The topological polar surface area (TPSA) is 76.4 Å². The van der Waals surface area contributed by atoms with Gasteiger partial charge in [-0.2, -0.15) is 18.2 Å². The van der Waals surface area contributed by atoms with Crippen LogP contribution in [0.15, 0.2) is 36.8 Å². The highest BCUT2D eigenvalue weighted by Crippen LogP contribution is 2.32. The molecule has 0 amide bonds. The highest BCUT2D eigenvalue weighted by atomic mass is 32.1. The molecule has 1 aliphatic rings. The first-order chi connectivity index (χ1) is 14.9. The molecule has 0 aromatic carbocycles. The number of aryl methyl sites for hydroxylation is 1. The fraction of sp³-hybridized carbons (Fsp3) is 0.450. The van der Waals surface area contributed by atoms with E-state index in [1.807, 2.05) is 19.2 Å².